The Hall–Kier alpha value is -3.40. The number of carbonyl (C=O) groups is 3. The van der Waals surface area contributed by atoms with Gasteiger partial charge in [-0.3, -0.25) is 19.3 Å². The molecule has 0 atom stereocenters. The van der Waals surface area contributed by atoms with Gasteiger partial charge in [0.1, 0.15) is 0 Å². The van der Waals surface area contributed by atoms with E-state index in [0.29, 0.717) is 25.2 Å². The van der Waals surface area contributed by atoms with Gasteiger partial charge in [0.2, 0.25) is 17.7 Å². The summed E-state index contributed by atoms with van der Waals surface area (Å²) in [5.41, 5.74) is 0.0433. The molecule has 33 heavy (non-hydrogen) atoms. The molecule has 3 rings (SSSR count). The number of carbonyl (C=O) groups excluding carboxylic acids is 3. The van der Waals surface area contributed by atoms with Crippen LogP contribution in [0.1, 0.15) is 25.3 Å². The number of likely N-dealkylation sites (N-methyl/N-ethyl adjacent to an activating group) is 1. The minimum Gasteiger partial charge on any atom is -0.325 e. The lowest BCUT2D eigenvalue weighted by Crippen LogP contribution is -2.38. The summed E-state index contributed by atoms with van der Waals surface area (Å²) in [6.07, 6.45) is -3.24. The second-order valence-corrected chi connectivity index (χ2v) is 7.64. The molecule has 0 saturated carbocycles. The van der Waals surface area contributed by atoms with Crippen molar-refractivity contribution in [2.24, 2.45) is 0 Å². The van der Waals surface area contributed by atoms with Crippen molar-refractivity contribution in [1.82, 2.24) is 4.90 Å². The lowest BCUT2D eigenvalue weighted by molar-refractivity contribution is -0.137. The summed E-state index contributed by atoms with van der Waals surface area (Å²) in [5, 5.41) is 5.00. The number of nitrogens with one attached hydrogen (secondary N) is 2. The lowest BCUT2D eigenvalue weighted by atomic mass is 10.1. The number of amides is 3. The first-order chi connectivity index (χ1) is 15.7. The van der Waals surface area contributed by atoms with Crippen LogP contribution < -0.4 is 15.5 Å². The normalized spacial score (nSPS) is 14.0. The summed E-state index contributed by atoms with van der Waals surface area (Å²) in [6, 6.07) is 11.6. The van der Waals surface area contributed by atoms with Gasteiger partial charge in [-0.1, -0.05) is 19.1 Å². The van der Waals surface area contributed by atoms with E-state index in [2.05, 4.69) is 10.6 Å². The third kappa shape index (κ3) is 6.55. The highest BCUT2D eigenvalue weighted by Crippen LogP contribution is 2.34. The van der Waals surface area contributed by atoms with Crippen LogP contribution in [0.2, 0.25) is 0 Å². The van der Waals surface area contributed by atoms with Crippen molar-refractivity contribution in [3.05, 3.63) is 54.1 Å². The van der Waals surface area contributed by atoms with E-state index in [1.165, 1.54) is 23.1 Å². The Morgan fingerprint density at radius 3 is 2.21 bits per heavy atom. The standard InChI is InChI=1S/C23H25F3N4O3/c1-2-29(15-21(32)28-19-7-4-3-6-18(19)23(24,25)26)14-20(31)27-16-9-11-17(12-10-16)30-13-5-8-22(30)33/h3-4,6-7,9-12H,2,5,8,13-15H2,1H3,(H,27,31)(H,28,32). The van der Waals surface area contributed by atoms with Gasteiger partial charge in [0.05, 0.1) is 24.3 Å². The van der Waals surface area contributed by atoms with Crippen LogP contribution in [-0.4, -0.2) is 48.8 Å². The second kappa shape index (κ2) is 10.5. The average Bonchev–Trinajstić information content (AvgIpc) is 3.19. The van der Waals surface area contributed by atoms with Crippen LogP contribution in [0.25, 0.3) is 0 Å². The number of hydrogen-bond donors (Lipinski definition) is 2. The Morgan fingerprint density at radius 1 is 1.00 bits per heavy atom. The monoisotopic (exact) mass is 462 g/mol. The third-order valence-electron chi connectivity index (χ3n) is 5.22. The average molecular weight is 462 g/mol. The maximum Gasteiger partial charge on any atom is 0.418 e. The van der Waals surface area contributed by atoms with Crippen molar-refractivity contribution >= 4 is 34.8 Å². The van der Waals surface area contributed by atoms with Gasteiger partial charge in [-0.05, 0) is 49.4 Å². The van der Waals surface area contributed by atoms with Crippen molar-refractivity contribution in [1.29, 1.82) is 0 Å². The summed E-state index contributed by atoms with van der Waals surface area (Å²) in [6.45, 7) is 2.40. The number of hydrogen-bond acceptors (Lipinski definition) is 4. The molecule has 2 N–H and O–H groups in total. The molecule has 0 radical (unpaired) electrons. The van der Waals surface area contributed by atoms with Gasteiger partial charge in [0.25, 0.3) is 0 Å². The second-order valence-electron chi connectivity index (χ2n) is 7.64. The minimum atomic E-state index is -4.59. The van der Waals surface area contributed by atoms with Gasteiger partial charge in [0.15, 0.2) is 0 Å². The van der Waals surface area contributed by atoms with Gasteiger partial charge in [-0.2, -0.15) is 13.2 Å². The molecule has 1 aliphatic rings. The Balaban J connectivity index is 1.54. The number of benzene rings is 2. The molecule has 1 aliphatic heterocycles. The van der Waals surface area contributed by atoms with Crippen LogP contribution in [0.15, 0.2) is 48.5 Å². The van der Waals surface area contributed by atoms with Gasteiger partial charge in [0, 0.05) is 24.3 Å². The highest BCUT2D eigenvalue weighted by atomic mass is 19.4. The minimum absolute atomic E-state index is 0.0708. The number of rotatable bonds is 8. The van der Waals surface area contributed by atoms with Crippen LogP contribution in [0, 0.1) is 0 Å². The molecule has 0 unspecified atom stereocenters. The van der Waals surface area contributed by atoms with E-state index in [1.807, 2.05) is 0 Å². The molecule has 0 aromatic heterocycles. The fraction of sp³-hybridized carbons (Fsp3) is 0.348. The highest BCUT2D eigenvalue weighted by molar-refractivity contribution is 5.97. The van der Waals surface area contributed by atoms with Gasteiger partial charge in [-0.15, -0.1) is 0 Å². The van der Waals surface area contributed by atoms with E-state index in [0.717, 1.165) is 18.2 Å². The number of nitrogens with zero attached hydrogens (tertiary/aromatic N) is 2. The fourth-order valence-electron chi connectivity index (χ4n) is 3.56. The van der Waals surface area contributed by atoms with Crippen LogP contribution in [0.5, 0.6) is 0 Å². The van der Waals surface area contributed by atoms with Gasteiger partial charge < -0.3 is 15.5 Å². The number of alkyl halides is 3. The zero-order valence-electron chi connectivity index (χ0n) is 18.1. The van der Waals surface area contributed by atoms with E-state index >= 15 is 0 Å². The molecular formula is C23H25F3N4O3. The predicted molar refractivity (Wildman–Crippen MR) is 119 cm³/mol. The maximum absolute atomic E-state index is 13.1. The predicted octanol–water partition coefficient (Wildman–Crippen LogP) is 3.73. The number of para-hydroxylation sites is 1. The zero-order valence-corrected chi connectivity index (χ0v) is 18.1. The molecule has 1 heterocycles. The molecular weight excluding hydrogens is 437 g/mol. The summed E-state index contributed by atoms with van der Waals surface area (Å²) >= 11 is 0. The molecule has 1 saturated heterocycles. The molecule has 10 heteroatoms. The molecule has 1 fully saturated rings. The van der Waals surface area contributed by atoms with Crippen LogP contribution in [0.3, 0.4) is 0 Å². The Labute approximate surface area is 189 Å². The van der Waals surface area contributed by atoms with Crippen molar-refractivity contribution in [2.75, 3.05) is 41.7 Å². The lowest BCUT2D eigenvalue weighted by Gasteiger charge is -2.20. The van der Waals surface area contributed by atoms with Gasteiger partial charge in [-0.25, -0.2) is 0 Å². The molecule has 3 amide bonds. The first-order valence-corrected chi connectivity index (χ1v) is 10.6. The molecule has 7 nitrogen and oxygen atoms in total. The smallest absolute Gasteiger partial charge is 0.325 e. The molecule has 2 aromatic carbocycles. The summed E-state index contributed by atoms with van der Waals surface area (Å²) in [7, 11) is 0. The van der Waals surface area contributed by atoms with Gasteiger partial charge >= 0.3 is 6.18 Å². The topological polar surface area (TPSA) is 81.8 Å². The van der Waals surface area contributed by atoms with E-state index < -0.39 is 17.6 Å². The third-order valence-corrected chi connectivity index (χ3v) is 5.22. The first kappa shape index (κ1) is 24.2. The molecule has 0 spiro atoms. The summed E-state index contributed by atoms with van der Waals surface area (Å²) in [4.78, 5) is 39.7. The molecule has 0 bridgehead atoms. The molecule has 0 aliphatic carbocycles. The number of anilines is 3. The Kier molecular flexibility index (Phi) is 7.70. The maximum atomic E-state index is 13.1. The van der Waals surface area contributed by atoms with Crippen LogP contribution >= 0.6 is 0 Å². The van der Waals surface area contributed by atoms with Crippen LogP contribution in [-0.2, 0) is 20.6 Å². The van der Waals surface area contributed by atoms with E-state index in [-0.39, 0.29) is 30.6 Å². The summed E-state index contributed by atoms with van der Waals surface area (Å²) in [5.74, 6) is -0.951. The Morgan fingerprint density at radius 2 is 1.64 bits per heavy atom. The van der Waals surface area contributed by atoms with E-state index in [4.69, 9.17) is 0 Å². The fourth-order valence-corrected chi connectivity index (χ4v) is 3.56. The Bertz CT molecular complexity index is 1010. The largest absolute Gasteiger partial charge is 0.418 e. The summed E-state index contributed by atoms with van der Waals surface area (Å²) < 4.78 is 39.3. The van der Waals surface area contributed by atoms with Crippen molar-refractivity contribution in [3.63, 3.8) is 0 Å². The first-order valence-electron chi connectivity index (χ1n) is 10.6. The highest BCUT2D eigenvalue weighted by Gasteiger charge is 2.33. The molecule has 176 valence electrons. The molecule has 2 aromatic rings. The number of halogens is 3. The van der Waals surface area contributed by atoms with Crippen molar-refractivity contribution in [3.8, 4) is 0 Å². The van der Waals surface area contributed by atoms with E-state index in [1.54, 1.807) is 36.1 Å². The van der Waals surface area contributed by atoms with Crippen LogP contribution in [0.4, 0.5) is 30.2 Å². The van der Waals surface area contributed by atoms with Crippen molar-refractivity contribution < 1.29 is 27.6 Å². The quantitative estimate of drug-likeness (QED) is 0.627. The van der Waals surface area contributed by atoms with Crippen molar-refractivity contribution in [2.45, 2.75) is 25.9 Å². The zero-order chi connectivity index (χ0) is 24.0. The van der Waals surface area contributed by atoms with E-state index in [9.17, 15) is 27.6 Å². The SMILES string of the molecule is CCN(CC(=O)Nc1ccc(N2CCCC2=O)cc1)CC(=O)Nc1ccccc1C(F)(F)F.